The van der Waals surface area contributed by atoms with Gasteiger partial charge in [-0.05, 0) is 37.8 Å². The number of hydrogen-bond donors (Lipinski definition) is 1. The number of rotatable bonds is 5. The quantitative estimate of drug-likeness (QED) is 0.807. The predicted octanol–water partition coefficient (Wildman–Crippen LogP) is 5.08. The van der Waals surface area contributed by atoms with Crippen molar-refractivity contribution in [3.63, 3.8) is 0 Å². The fourth-order valence-corrected chi connectivity index (χ4v) is 3.51. The Morgan fingerprint density at radius 2 is 2.10 bits per heavy atom. The Morgan fingerprint density at radius 3 is 2.80 bits per heavy atom. The summed E-state index contributed by atoms with van der Waals surface area (Å²) in [4.78, 5) is 0. The summed E-state index contributed by atoms with van der Waals surface area (Å²) in [7, 11) is 0. The molecule has 1 aromatic rings. The monoisotopic (exact) mass is 339 g/mol. The van der Waals surface area contributed by atoms with Crippen LogP contribution in [0.5, 0.6) is 5.75 Å². The van der Waals surface area contributed by atoms with Crippen molar-refractivity contribution in [3.05, 3.63) is 28.2 Å². The third-order valence-corrected chi connectivity index (χ3v) is 4.96. The summed E-state index contributed by atoms with van der Waals surface area (Å²) in [5.41, 5.74) is 1.31. The molecule has 1 N–H and O–H groups in total. The van der Waals surface area contributed by atoms with Crippen LogP contribution in [0.15, 0.2) is 22.7 Å². The summed E-state index contributed by atoms with van der Waals surface area (Å²) in [6.07, 6.45) is 4.74. The van der Waals surface area contributed by atoms with Crippen LogP contribution in [0.3, 0.4) is 0 Å². The standard InChI is InChI=1S/C17H26BrNO/c1-4-13(5-2)12(3)19-16-7-6-10-20-17-11-14(18)8-9-15(16)17/h8-9,11-13,16,19H,4-7,10H2,1-3H3. The van der Waals surface area contributed by atoms with Gasteiger partial charge in [-0.1, -0.05) is 48.7 Å². The molecule has 1 heterocycles. The van der Waals surface area contributed by atoms with E-state index in [9.17, 15) is 0 Å². The summed E-state index contributed by atoms with van der Waals surface area (Å²) in [5.74, 6) is 1.78. The first-order valence-electron chi connectivity index (χ1n) is 7.84. The highest BCUT2D eigenvalue weighted by molar-refractivity contribution is 9.10. The second-order valence-corrected chi connectivity index (χ2v) is 6.67. The molecule has 1 aliphatic heterocycles. The van der Waals surface area contributed by atoms with Crippen LogP contribution in [-0.4, -0.2) is 12.6 Å². The minimum atomic E-state index is 0.413. The lowest BCUT2D eigenvalue weighted by molar-refractivity contribution is 0.303. The van der Waals surface area contributed by atoms with E-state index < -0.39 is 0 Å². The molecule has 0 aromatic heterocycles. The van der Waals surface area contributed by atoms with Gasteiger partial charge in [-0.15, -0.1) is 0 Å². The minimum Gasteiger partial charge on any atom is -0.493 e. The molecular formula is C17H26BrNO. The average molecular weight is 340 g/mol. The van der Waals surface area contributed by atoms with Gasteiger partial charge >= 0.3 is 0 Å². The van der Waals surface area contributed by atoms with Crippen LogP contribution >= 0.6 is 15.9 Å². The van der Waals surface area contributed by atoms with E-state index in [1.165, 1.54) is 18.4 Å². The molecule has 0 amide bonds. The SMILES string of the molecule is CCC(CC)C(C)NC1CCCOc2cc(Br)ccc21. The van der Waals surface area contributed by atoms with Crippen LogP contribution in [-0.2, 0) is 0 Å². The molecule has 0 radical (unpaired) electrons. The zero-order chi connectivity index (χ0) is 14.5. The summed E-state index contributed by atoms with van der Waals surface area (Å²) >= 11 is 3.53. The second-order valence-electron chi connectivity index (χ2n) is 5.76. The largest absolute Gasteiger partial charge is 0.493 e. The third kappa shape index (κ3) is 3.76. The van der Waals surface area contributed by atoms with Gasteiger partial charge in [0.25, 0.3) is 0 Å². The summed E-state index contributed by atoms with van der Waals surface area (Å²) < 4.78 is 6.97. The van der Waals surface area contributed by atoms with Crippen LogP contribution in [0.4, 0.5) is 0 Å². The van der Waals surface area contributed by atoms with Crippen molar-refractivity contribution in [3.8, 4) is 5.75 Å². The minimum absolute atomic E-state index is 0.413. The van der Waals surface area contributed by atoms with Crippen molar-refractivity contribution in [2.24, 2.45) is 5.92 Å². The van der Waals surface area contributed by atoms with E-state index in [4.69, 9.17) is 4.74 Å². The van der Waals surface area contributed by atoms with E-state index in [0.29, 0.717) is 12.1 Å². The Hall–Kier alpha value is -0.540. The summed E-state index contributed by atoms with van der Waals surface area (Å²) in [6, 6.07) is 7.36. The molecule has 0 bridgehead atoms. The molecule has 2 nitrogen and oxygen atoms in total. The molecular weight excluding hydrogens is 314 g/mol. The Balaban J connectivity index is 2.16. The third-order valence-electron chi connectivity index (χ3n) is 4.47. The van der Waals surface area contributed by atoms with Crippen molar-refractivity contribution in [1.29, 1.82) is 0 Å². The van der Waals surface area contributed by atoms with E-state index in [0.717, 1.165) is 35.6 Å². The number of fused-ring (bicyclic) bond motifs is 1. The van der Waals surface area contributed by atoms with E-state index in [2.05, 4.69) is 60.2 Å². The molecule has 0 spiro atoms. The smallest absolute Gasteiger partial charge is 0.125 e. The lowest BCUT2D eigenvalue weighted by atomic mass is 9.93. The van der Waals surface area contributed by atoms with Crippen molar-refractivity contribution in [1.82, 2.24) is 5.32 Å². The molecule has 1 aliphatic rings. The fourth-order valence-electron chi connectivity index (χ4n) is 3.17. The first kappa shape index (κ1) is 15.8. The van der Waals surface area contributed by atoms with Crippen molar-refractivity contribution < 1.29 is 4.74 Å². The van der Waals surface area contributed by atoms with E-state index >= 15 is 0 Å². The van der Waals surface area contributed by atoms with E-state index in [-0.39, 0.29) is 0 Å². The van der Waals surface area contributed by atoms with Crippen molar-refractivity contribution in [2.75, 3.05) is 6.61 Å². The van der Waals surface area contributed by atoms with Crippen LogP contribution in [0.1, 0.15) is 58.1 Å². The highest BCUT2D eigenvalue weighted by atomic mass is 79.9. The van der Waals surface area contributed by atoms with Gasteiger partial charge in [0.2, 0.25) is 0 Å². The van der Waals surface area contributed by atoms with Gasteiger partial charge in [0.15, 0.2) is 0 Å². The van der Waals surface area contributed by atoms with Gasteiger partial charge < -0.3 is 10.1 Å². The Bertz CT molecular complexity index is 431. The molecule has 3 heteroatoms. The molecule has 1 aromatic carbocycles. The predicted molar refractivity (Wildman–Crippen MR) is 88.3 cm³/mol. The molecule has 0 aliphatic carbocycles. The molecule has 2 unspecified atom stereocenters. The maximum Gasteiger partial charge on any atom is 0.125 e. The fraction of sp³-hybridized carbons (Fsp3) is 0.647. The molecule has 2 rings (SSSR count). The molecule has 112 valence electrons. The van der Waals surface area contributed by atoms with Gasteiger partial charge in [0, 0.05) is 22.1 Å². The first-order valence-corrected chi connectivity index (χ1v) is 8.63. The van der Waals surface area contributed by atoms with Crippen LogP contribution in [0, 0.1) is 5.92 Å². The van der Waals surface area contributed by atoms with Gasteiger partial charge in [0.05, 0.1) is 6.61 Å². The maximum atomic E-state index is 5.88. The highest BCUT2D eigenvalue weighted by Gasteiger charge is 2.23. The van der Waals surface area contributed by atoms with Crippen LogP contribution in [0.25, 0.3) is 0 Å². The molecule has 0 saturated carbocycles. The summed E-state index contributed by atoms with van der Waals surface area (Å²) in [6.45, 7) is 7.71. The van der Waals surface area contributed by atoms with E-state index in [1.54, 1.807) is 0 Å². The van der Waals surface area contributed by atoms with Gasteiger partial charge in [0.1, 0.15) is 5.75 Å². The average Bonchev–Trinajstić information content (AvgIpc) is 2.62. The Morgan fingerprint density at radius 1 is 1.35 bits per heavy atom. The Labute approximate surface area is 131 Å². The van der Waals surface area contributed by atoms with Gasteiger partial charge in [-0.2, -0.15) is 0 Å². The number of nitrogens with one attached hydrogen (secondary N) is 1. The first-order chi connectivity index (χ1) is 9.65. The molecule has 0 fully saturated rings. The Kier molecular flexibility index (Phi) is 5.91. The summed E-state index contributed by atoms with van der Waals surface area (Å²) in [5, 5.41) is 3.84. The normalized spacial score (nSPS) is 20.1. The highest BCUT2D eigenvalue weighted by Crippen LogP contribution is 2.34. The second kappa shape index (κ2) is 7.46. The lowest BCUT2D eigenvalue weighted by Crippen LogP contribution is -2.36. The topological polar surface area (TPSA) is 21.3 Å². The van der Waals surface area contributed by atoms with Crippen LogP contribution in [0.2, 0.25) is 0 Å². The van der Waals surface area contributed by atoms with Crippen molar-refractivity contribution in [2.45, 2.75) is 58.5 Å². The number of ether oxygens (including phenoxy) is 1. The number of hydrogen-bond acceptors (Lipinski definition) is 2. The zero-order valence-corrected chi connectivity index (χ0v) is 14.4. The zero-order valence-electron chi connectivity index (χ0n) is 12.8. The lowest BCUT2D eigenvalue weighted by Gasteiger charge is -2.28. The number of halogens is 1. The van der Waals surface area contributed by atoms with Crippen LogP contribution < -0.4 is 10.1 Å². The molecule has 2 atom stereocenters. The molecule has 20 heavy (non-hydrogen) atoms. The maximum absolute atomic E-state index is 5.88. The van der Waals surface area contributed by atoms with Gasteiger partial charge in [-0.25, -0.2) is 0 Å². The van der Waals surface area contributed by atoms with Crippen molar-refractivity contribution >= 4 is 15.9 Å². The van der Waals surface area contributed by atoms with Gasteiger partial charge in [-0.3, -0.25) is 0 Å². The number of benzene rings is 1. The van der Waals surface area contributed by atoms with E-state index in [1.807, 2.05) is 0 Å². The molecule has 0 saturated heterocycles.